The van der Waals surface area contributed by atoms with Crippen LogP contribution in [0.2, 0.25) is 0 Å². The smallest absolute Gasteiger partial charge is 0.132 e. The van der Waals surface area contributed by atoms with Crippen LogP contribution in [-0.4, -0.2) is 41.4 Å². The highest BCUT2D eigenvalue weighted by atomic mass is 16.5. The van der Waals surface area contributed by atoms with Crippen molar-refractivity contribution in [3.8, 4) is 0 Å². The molecule has 1 aromatic heterocycles. The molecule has 5 heteroatoms. The molecule has 2 N–H and O–H groups in total. The first-order valence-corrected chi connectivity index (χ1v) is 6.67. The Morgan fingerprint density at radius 2 is 2.06 bits per heavy atom. The number of aliphatic hydroxyl groups excluding tert-OH is 1. The largest absolute Gasteiger partial charge is 0.394 e. The van der Waals surface area contributed by atoms with Gasteiger partial charge >= 0.3 is 0 Å². The maximum atomic E-state index is 8.61. The summed E-state index contributed by atoms with van der Waals surface area (Å²) in [7, 11) is 0. The standard InChI is InChI=1S/C13H21N3O2/c17-7-9-18-8-6-14-13-11-4-2-1-3-5-12(11)15-10-16-13/h10,17H,1-9H2,(H,14,15,16). The summed E-state index contributed by atoms with van der Waals surface area (Å²) in [6.45, 7) is 1.76. The van der Waals surface area contributed by atoms with E-state index in [1.54, 1.807) is 6.33 Å². The van der Waals surface area contributed by atoms with Crippen LogP contribution in [-0.2, 0) is 17.6 Å². The number of aliphatic hydroxyl groups is 1. The van der Waals surface area contributed by atoms with Crippen LogP contribution in [0.25, 0.3) is 0 Å². The fourth-order valence-corrected chi connectivity index (χ4v) is 2.26. The topological polar surface area (TPSA) is 67.3 Å². The van der Waals surface area contributed by atoms with Crippen molar-refractivity contribution in [2.45, 2.75) is 32.1 Å². The van der Waals surface area contributed by atoms with Crippen molar-refractivity contribution in [1.29, 1.82) is 0 Å². The summed E-state index contributed by atoms with van der Waals surface area (Å²) in [5.41, 5.74) is 2.47. The Morgan fingerprint density at radius 3 is 2.94 bits per heavy atom. The Balaban J connectivity index is 1.91. The van der Waals surface area contributed by atoms with Gasteiger partial charge in [-0.05, 0) is 25.7 Å². The van der Waals surface area contributed by atoms with E-state index in [1.807, 2.05) is 0 Å². The van der Waals surface area contributed by atoms with Crippen LogP contribution in [0.3, 0.4) is 0 Å². The molecule has 100 valence electrons. The molecule has 0 fully saturated rings. The third kappa shape index (κ3) is 3.65. The molecule has 0 aromatic carbocycles. The lowest BCUT2D eigenvalue weighted by Crippen LogP contribution is -2.14. The highest BCUT2D eigenvalue weighted by molar-refractivity contribution is 5.46. The van der Waals surface area contributed by atoms with E-state index in [4.69, 9.17) is 9.84 Å². The predicted molar refractivity (Wildman–Crippen MR) is 69.7 cm³/mol. The first-order valence-electron chi connectivity index (χ1n) is 6.67. The third-order valence-electron chi connectivity index (χ3n) is 3.15. The van der Waals surface area contributed by atoms with E-state index in [0.717, 1.165) is 18.7 Å². The molecule has 5 nitrogen and oxygen atoms in total. The number of hydrogen-bond acceptors (Lipinski definition) is 5. The maximum absolute atomic E-state index is 8.61. The van der Waals surface area contributed by atoms with E-state index in [9.17, 15) is 0 Å². The van der Waals surface area contributed by atoms with Gasteiger partial charge in [-0.3, -0.25) is 0 Å². The van der Waals surface area contributed by atoms with Gasteiger partial charge in [-0.15, -0.1) is 0 Å². The van der Waals surface area contributed by atoms with E-state index >= 15 is 0 Å². The number of anilines is 1. The average molecular weight is 251 g/mol. The Kier molecular flexibility index (Phi) is 5.36. The van der Waals surface area contributed by atoms with Gasteiger partial charge < -0.3 is 15.2 Å². The molecule has 2 rings (SSSR count). The van der Waals surface area contributed by atoms with Gasteiger partial charge in [-0.2, -0.15) is 0 Å². The SMILES string of the molecule is OCCOCCNc1ncnc2c1CCCCC2. The third-order valence-corrected chi connectivity index (χ3v) is 3.15. The fourth-order valence-electron chi connectivity index (χ4n) is 2.26. The van der Waals surface area contributed by atoms with Gasteiger partial charge in [0, 0.05) is 17.8 Å². The van der Waals surface area contributed by atoms with Crippen molar-refractivity contribution >= 4 is 5.82 Å². The quantitative estimate of drug-likeness (QED) is 0.587. The fraction of sp³-hybridized carbons (Fsp3) is 0.692. The van der Waals surface area contributed by atoms with Crippen molar-refractivity contribution in [1.82, 2.24) is 9.97 Å². The highest BCUT2D eigenvalue weighted by Gasteiger charge is 2.13. The second-order valence-electron chi connectivity index (χ2n) is 4.47. The van der Waals surface area contributed by atoms with Crippen molar-refractivity contribution in [2.75, 3.05) is 31.7 Å². The lowest BCUT2D eigenvalue weighted by Gasteiger charge is -2.12. The van der Waals surface area contributed by atoms with Crippen LogP contribution >= 0.6 is 0 Å². The first-order chi connectivity index (χ1) is 8.92. The summed E-state index contributed by atoms with van der Waals surface area (Å²) in [4.78, 5) is 8.71. The number of nitrogens with one attached hydrogen (secondary N) is 1. The molecule has 0 saturated carbocycles. The molecule has 1 aromatic rings. The molecule has 1 heterocycles. The number of ether oxygens (including phenoxy) is 1. The minimum atomic E-state index is 0.0723. The minimum Gasteiger partial charge on any atom is -0.394 e. The van der Waals surface area contributed by atoms with E-state index in [0.29, 0.717) is 19.8 Å². The number of hydrogen-bond donors (Lipinski definition) is 2. The zero-order chi connectivity index (χ0) is 12.6. The minimum absolute atomic E-state index is 0.0723. The maximum Gasteiger partial charge on any atom is 0.132 e. The Morgan fingerprint density at radius 1 is 1.17 bits per heavy atom. The van der Waals surface area contributed by atoms with E-state index in [1.165, 1.54) is 30.5 Å². The van der Waals surface area contributed by atoms with Crippen molar-refractivity contribution in [3.63, 3.8) is 0 Å². The predicted octanol–water partition coefficient (Wildman–Crippen LogP) is 1.17. The lowest BCUT2D eigenvalue weighted by molar-refractivity contribution is 0.0992. The highest BCUT2D eigenvalue weighted by Crippen LogP contribution is 2.23. The Bertz CT molecular complexity index is 371. The van der Waals surface area contributed by atoms with Gasteiger partial charge in [0.05, 0.1) is 19.8 Å². The summed E-state index contributed by atoms with van der Waals surface area (Å²) in [6.07, 6.45) is 7.49. The first kappa shape index (κ1) is 13.2. The Hall–Kier alpha value is -1.20. The number of aryl methyl sites for hydroxylation is 1. The van der Waals surface area contributed by atoms with E-state index in [-0.39, 0.29) is 6.61 Å². The molecule has 0 bridgehead atoms. The van der Waals surface area contributed by atoms with Crippen LogP contribution < -0.4 is 5.32 Å². The molecule has 0 atom stereocenters. The number of fused-ring (bicyclic) bond motifs is 1. The van der Waals surface area contributed by atoms with Gasteiger partial charge in [0.2, 0.25) is 0 Å². The summed E-state index contributed by atoms with van der Waals surface area (Å²) in [6, 6.07) is 0. The second-order valence-corrected chi connectivity index (χ2v) is 4.47. The van der Waals surface area contributed by atoms with Crippen LogP contribution in [0.15, 0.2) is 6.33 Å². The van der Waals surface area contributed by atoms with Gasteiger partial charge in [-0.25, -0.2) is 9.97 Å². The summed E-state index contributed by atoms with van der Waals surface area (Å²) >= 11 is 0. The monoisotopic (exact) mass is 251 g/mol. The van der Waals surface area contributed by atoms with Gasteiger partial charge in [0.15, 0.2) is 0 Å². The normalized spacial score (nSPS) is 14.9. The Labute approximate surface area is 108 Å². The summed E-state index contributed by atoms with van der Waals surface area (Å²) in [5, 5.41) is 11.9. The average Bonchev–Trinajstić information content (AvgIpc) is 2.64. The van der Waals surface area contributed by atoms with Crippen molar-refractivity contribution in [2.24, 2.45) is 0 Å². The van der Waals surface area contributed by atoms with E-state index in [2.05, 4.69) is 15.3 Å². The van der Waals surface area contributed by atoms with Crippen molar-refractivity contribution < 1.29 is 9.84 Å². The summed E-state index contributed by atoms with van der Waals surface area (Å²) < 4.78 is 5.22. The summed E-state index contributed by atoms with van der Waals surface area (Å²) in [5.74, 6) is 0.953. The van der Waals surface area contributed by atoms with Crippen LogP contribution in [0.1, 0.15) is 30.5 Å². The van der Waals surface area contributed by atoms with Gasteiger partial charge in [0.25, 0.3) is 0 Å². The van der Waals surface area contributed by atoms with Crippen LogP contribution in [0, 0.1) is 0 Å². The van der Waals surface area contributed by atoms with Crippen LogP contribution in [0.5, 0.6) is 0 Å². The molecule has 18 heavy (non-hydrogen) atoms. The molecule has 0 spiro atoms. The molecule has 0 unspecified atom stereocenters. The van der Waals surface area contributed by atoms with Gasteiger partial charge in [-0.1, -0.05) is 6.42 Å². The molecule has 0 amide bonds. The van der Waals surface area contributed by atoms with Crippen LogP contribution in [0.4, 0.5) is 5.82 Å². The molecule has 0 radical (unpaired) electrons. The number of nitrogens with zero attached hydrogens (tertiary/aromatic N) is 2. The number of rotatable bonds is 6. The molecular weight excluding hydrogens is 230 g/mol. The second kappa shape index (κ2) is 7.28. The van der Waals surface area contributed by atoms with Crippen molar-refractivity contribution in [3.05, 3.63) is 17.6 Å². The molecule has 0 aliphatic heterocycles. The zero-order valence-corrected chi connectivity index (χ0v) is 10.7. The molecule has 1 aliphatic rings. The lowest BCUT2D eigenvalue weighted by atomic mass is 10.1. The van der Waals surface area contributed by atoms with Gasteiger partial charge in [0.1, 0.15) is 12.1 Å². The molecule has 0 saturated heterocycles. The van der Waals surface area contributed by atoms with E-state index < -0.39 is 0 Å². The number of aromatic nitrogens is 2. The molecular formula is C13H21N3O2. The molecule has 1 aliphatic carbocycles. The zero-order valence-electron chi connectivity index (χ0n) is 10.7.